The van der Waals surface area contributed by atoms with Crippen LogP contribution in [0.3, 0.4) is 0 Å². The van der Waals surface area contributed by atoms with E-state index in [1.165, 1.54) is 24.2 Å². The number of aromatic nitrogens is 2. The summed E-state index contributed by atoms with van der Waals surface area (Å²) in [6, 6.07) is 6.51. The van der Waals surface area contributed by atoms with Crippen molar-refractivity contribution >= 4 is 11.9 Å². The maximum atomic E-state index is 12.7. The van der Waals surface area contributed by atoms with Gasteiger partial charge in [0.25, 0.3) is 5.56 Å². The largest absolute Gasteiger partial charge is 0.504 e. The molecule has 1 saturated heterocycles. The number of phenols is 1. The van der Waals surface area contributed by atoms with Crippen LogP contribution >= 0.6 is 0 Å². The van der Waals surface area contributed by atoms with Gasteiger partial charge in [-0.1, -0.05) is 6.07 Å². The van der Waals surface area contributed by atoms with E-state index in [4.69, 9.17) is 9.73 Å². The van der Waals surface area contributed by atoms with Crippen molar-refractivity contribution in [3.8, 4) is 11.5 Å². The Kier molecular flexibility index (Phi) is 4.47. The van der Waals surface area contributed by atoms with Crippen LogP contribution in [0.5, 0.6) is 11.5 Å². The highest BCUT2D eigenvalue weighted by atomic mass is 16.5. The van der Waals surface area contributed by atoms with Gasteiger partial charge in [0.15, 0.2) is 17.7 Å². The molecular formula is C19H23N5O3. The molecule has 27 heavy (non-hydrogen) atoms. The minimum absolute atomic E-state index is 0.0463. The van der Waals surface area contributed by atoms with Crippen LogP contribution in [0.15, 0.2) is 34.1 Å². The number of likely N-dealkylation sites (tertiary alicyclic amines) is 1. The minimum atomic E-state index is -0.576. The number of guanidine groups is 1. The molecule has 0 aliphatic carbocycles. The number of anilines is 1. The zero-order valence-electron chi connectivity index (χ0n) is 15.5. The molecule has 0 radical (unpaired) electrons. The average Bonchev–Trinajstić information content (AvgIpc) is 2.68. The van der Waals surface area contributed by atoms with Crippen molar-refractivity contribution in [1.29, 1.82) is 0 Å². The van der Waals surface area contributed by atoms with E-state index in [1.54, 1.807) is 25.1 Å². The molecule has 2 aliphatic rings. The number of benzene rings is 1. The van der Waals surface area contributed by atoms with E-state index in [0.717, 1.165) is 37.5 Å². The van der Waals surface area contributed by atoms with Crippen molar-refractivity contribution in [1.82, 2.24) is 14.5 Å². The van der Waals surface area contributed by atoms with E-state index in [2.05, 4.69) is 15.2 Å². The van der Waals surface area contributed by atoms with E-state index < -0.39 is 6.17 Å². The van der Waals surface area contributed by atoms with E-state index in [1.807, 2.05) is 0 Å². The molecule has 2 aliphatic heterocycles. The fourth-order valence-electron chi connectivity index (χ4n) is 3.58. The van der Waals surface area contributed by atoms with Gasteiger partial charge in [0.2, 0.25) is 11.9 Å². The lowest BCUT2D eigenvalue weighted by Crippen LogP contribution is -2.45. The predicted molar refractivity (Wildman–Crippen MR) is 103 cm³/mol. The second kappa shape index (κ2) is 6.94. The number of piperidine rings is 1. The van der Waals surface area contributed by atoms with Crippen molar-refractivity contribution in [2.75, 3.05) is 25.5 Å². The molecule has 8 heteroatoms. The van der Waals surface area contributed by atoms with Crippen LogP contribution in [0.1, 0.15) is 36.7 Å². The Labute approximate surface area is 157 Å². The molecule has 2 aromatic rings. The van der Waals surface area contributed by atoms with Gasteiger partial charge in [0, 0.05) is 30.4 Å². The first-order chi connectivity index (χ1) is 13.1. The van der Waals surface area contributed by atoms with Gasteiger partial charge in [0.05, 0.1) is 7.11 Å². The lowest BCUT2D eigenvalue weighted by Gasteiger charge is -2.34. The highest BCUT2D eigenvalue weighted by Crippen LogP contribution is 2.33. The fourth-order valence-corrected chi connectivity index (χ4v) is 3.58. The van der Waals surface area contributed by atoms with Crippen LogP contribution in [0.25, 0.3) is 0 Å². The van der Waals surface area contributed by atoms with Crippen molar-refractivity contribution in [2.24, 2.45) is 4.99 Å². The van der Waals surface area contributed by atoms with Gasteiger partial charge in [-0.2, -0.15) is 0 Å². The molecule has 3 heterocycles. The number of phenolic OH excluding ortho intramolecular Hbond substituents is 1. The van der Waals surface area contributed by atoms with E-state index >= 15 is 0 Å². The monoisotopic (exact) mass is 369 g/mol. The van der Waals surface area contributed by atoms with Crippen LogP contribution in [0.2, 0.25) is 0 Å². The Morgan fingerprint density at radius 2 is 2.00 bits per heavy atom. The number of aryl methyl sites for hydroxylation is 1. The first kappa shape index (κ1) is 17.4. The molecule has 2 N–H and O–H groups in total. The molecule has 4 rings (SSSR count). The van der Waals surface area contributed by atoms with Crippen LogP contribution in [-0.4, -0.2) is 45.7 Å². The third kappa shape index (κ3) is 3.22. The second-order valence-corrected chi connectivity index (χ2v) is 6.86. The first-order valence-electron chi connectivity index (χ1n) is 9.13. The minimum Gasteiger partial charge on any atom is -0.504 e. The summed E-state index contributed by atoms with van der Waals surface area (Å²) in [4.78, 5) is 24.2. The molecule has 1 aromatic heterocycles. The number of fused-ring (bicyclic) bond motifs is 1. The third-order valence-electron chi connectivity index (χ3n) is 4.95. The Balaban J connectivity index is 1.84. The Bertz CT molecular complexity index is 947. The second-order valence-electron chi connectivity index (χ2n) is 6.86. The SMILES string of the molecule is COc1cc([C@H]2N=C(N3CCCCC3)Nc3nc(C)cc(=O)n32)ccc1O. The standard InChI is InChI=1S/C19H23N5O3/c1-12-10-16(26)24-17(13-6-7-14(25)15(11-13)27-2)21-18(22-19(24)20-12)23-8-4-3-5-9-23/h6-7,10-11,17,25H,3-5,8-9H2,1-2H3,(H,20,21,22)/t17-/m0/s1. The molecule has 1 atom stereocenters. The maximum Gasteiger partial charge on any atom is 0.257 e. The zero-order valence-corrected chi connectivity index (χ0v) is 15.5. The molecule has 1 aromatic carbocycles. The number of aliphatic imine (C=N–C) groups is 1. The van der Waals surface area contributed by atoms with Gasteiger partial charge in [-0.25, -0.2) is 9.98 Å². The number of aromatic hydroxyl groups is 1. The van der Waals surface area contributed by atoms with Gasteiger partial charge in [0.1, 0.15) is 0 Å². The van der Waals surface area contributed by atoms with E-state index in [0.29, 0.717) is 17.4 Å². The molecular weight excluding hydrogens is 346 g/mol. The summed E-state index contributed by atoms with van der Waals surface area (Å²) >= 11 is 0. The van der Waals surface area contributed by atoms with Crippen LogP contribution in [0.4, 0.5) is 5.95 Å². The molecule has 0 bridgehead atoms. The zero-order chi connectivity index (χ0) is 19.0. The van der Waals surface area contributed by atoms with Gasteiger partial charge in [-0.15, -0.1) is 0 Å². The maximum absolute atomic E-state index is 12.7. The highest BCUT2D eigenvalue weighted by molar-refractivity contribution is 5.93. The van der Waals surface area contributed by atoms with Gasteiger partial charge < -0.3 is 14.7 Å². The van der Waals surface area contributed by atoms with E-state index in [-0.39, 0.29) is 11.3 Å². The molecule has 142 valence electrons. The number of rotatable bonds is 2. The van der Waals surface area contributed by atoms with Crippen molar-refractivity contribution in [2.45, 2.75) is 32.4 Å². The molecule has 0 saturated carbocycles. The first-order valence-corrected chi connectivity index (χ1v) is 9.13. The fraction of sp³-hybridized carbons (Fsp3) is 0.421. The molecule has 0 amide bonds. The van der Waals surface area contributed by atoms with Gasteiger partial charge >= 0.3 is 0 Å². The van der Waals surface area contributed by atoms with Crippen molar-refractivity contribution < 1.29 is 9.84 Å². The van der Waals surface area contributed by atoms with Crippen LogP contribution < -0.4 is 15.6 Å². The third-order valence-corrected chi connectivity index (χ3v) is 4.95. The average molecular weight is 369 g/mol. The summed E-state index contributed by atoms with van der Waals surface area (Å²) < 4.78 is 6.76. The molecule has 8 nitrogen and oxygen atoms in total. The van der Waals surface area contributed by atoms with Crippen LogP contribution in [0, 0.1) is 6.92 Å². The number of hydrogen-bond donors (Lipinski definition) is 2. The quantitative estimate of drug-likeness (QED) is 0.842. The summed E-state index contributed by atoms with van der Waals surface area (Å²) in [5, 5.41) is 13.1. The normalized spacial score (nSPS) is 19.1. The number of ether oxygens (including phenoxy) is 1. The number of methoxy groups -OCH3 is 1. The lowest BCUT2D eigenvalue weighted by atomic mass is 10.1. The summed E-state index contributed by atoms with van der Waals surface area (Å²) in [5.41, 5.74) is 1.22. The predicted octanol–water partition coefficient (Wildman–Crippen LogP) is 2.08. The molecule has 1 fully saturated rings. The van der Waals surface area contributed by atoms with Crippen LogP contribution in [-0.2, 0) is 0 Å². The van der Waals surface area contributed by atoms with Gasteiger partial charge in [-0.05, 0) is 38.3 Å². The highest BCUT2D eigenvalue weighted by Gasteiger charge is 2.28. The van der Waals surface area contributed by atoms with Crippen molar-refractivity contribution in [3.63, 3.8) is 0 Å². The van der Waals surface area contributed by atoms with E-state index in [9.17, 15) is 9.90 Å². The topological polar surface area (TPSA) is 92.0 Å². The smallest absolute Gasteiger partial charge is 0.257 e. The summed E-state index contributed by atoms with van der Waals surface area (Å²) in [5.74, 6) is 1.59. The lowest BCUT2D eigenvalue weighted by molar-refractivity contribution is 0.335. The Morgan fingerprint density at radius 1 is 1.22 bits per heavy atom. The molecule has 0 unspecified atom stereocenters. The summed E-state index contributed by atoms with van der Waals surface area (Å²) in [7, 11) is 1.49. The summed E-state index contributed by atoms with van der Waals surface area (Å²) in [6.45, 7) is 3.65. The number of hydrogen-bond acceptors (Lipinski definition) is 7. The Morgan fingerprint density at radius 3 is 2.74 bits per heavy atom. The van der Waals surface area contributed by atoms with Crippen molar-refractivity contribution in [3.05, 3.63) is 45.9 Å². The van der Waals surface area contributed by atoms with Gasteiger partial charge in [-0.3, -0.25) is 14.7 Å². The molecule has 0 spiro atoms. The Hall–Kier alpha value is -3.03. The number of nitrogens with zero attached hydrogens (tertiary/aromatic N) is 4. The number of nitrogens with one attached hydrogen (secondary N) is 1. The summed E-state index contributed by atoms with van der Waals surface area (Å²) in [6.07, 6.45) is 2.88.